The van der Waals surface area contributed by atoms with Crippen molar-refractivity contribution in [3.63, 3.8) is 0 Å². The van der Waals surface area contributed by atoms with Crippen molar-refractivity contribution < 1.29 is 27.9 Å². The maximum absolute atomic E-state index is 13.4. The predicted octanol–water partition coefficient (Wildman–Crippen LogP) is 4.28. The Kier molecular flexibility index (Phi) is 5.87. The van der Waals surface area contributed by atoms with Crippen LogP contribution in [0.15, 0.2) is 53.1 Å². The van der Waals surface area contributed by atoms with Gasteiger partial charge in [0, 0.05) is 0 Å². The van der Waals surface area contributed by atoms with Crippen LogP contribution in [0, 0.1) is 12.7 Å². The molecule has 0 bridgehead atoms. The van der Waals surface area contributed by atoms with Crippen LogP contribution >= 0.6 is 11.3 Å². The van der Waals surface area contributed by atoms with E-state index in [1.54, 1.807) is 37.3 Å². The molecule has 0 aliphatic rings. The van der Waals surface area contributed by atoms with E-state index in [4.69, 9.17) is 13.9 Å². The number of thiophene rings is 1. The van der Waals surface area contributed by atoms with Crippen molar-refractivity contribution in [2.24, 2.45) is 0 Å². The van der Waals surface area contributed by atoms with Crippen molar-refractivity contribution in [3.05, 3.63) is 70.7 Å². The number of ether oxygens (including phenoxy) is 2. The van der Waals surface area contributed by atoms with E-state index >= 15 is 0 Å². The molecular weight excluding hydrogens is 373 g/mol. The summed E-state index contributed by atoms with van der Waals surface area (Å²) in [6.45, 7) is 1.74. The molecule has 140 valence electrons. The molecule has 1 amide bonds. The highest BCUT2D eigenvalue weighted by atomic mass is 32.1. The van der Waals surface area contributed by atoms with E-state index in [2.05, 4.69) is 5.32 Å². The third kappa shape index (κ3) is 4.73. The molecule has 27 heavy (non-hydrogen) atoms. The number of anilines is 1. The van der Waals surface area contributed by atoms with Gasteiger partial charge in [-0.25, -0.2) is 9.18 Å². The molecule has 3 rings (SSSR count). The van der Waals surface area contributed by atoms with Gasteiger partial charge in [-0.15, -0.1) is 11.3 Å². The summed E-state index contributed by atoms with van der Waals surface area (Å²) in [5, 5.41) is 3.17. The van der Waals surface area contributed by atoms with E-state index < -0.39 is 17.7 Å². The molecule has 2 heterocycles. The molecule has 2 aromatic heterocycles. The minimum absolute atomic E-state index is 0.0270. The van der Waals surface area contributed by atoms with Gasteiger partial charge in [-0.05, 0) is 42.8 Å². The van der Waals surface area contributed by atoms with E-state index in [9.17, 15) is 14.0 Å². The highest BCUT2D eigenvalue weighted by molar-refractivity contribution is 7.18. The van der Waals surface area contributed by atoms with Crippen molar-refractivity contribution in [2.75, 3.05) is 18.5 Å². The van der Waals surface area contributed by atoms with Crippen LogP contribution in [0.3, 0.4) is 0 Å². The van der Waals surface area contributed by atoms with E-state index in [-0.39, 0.29) is 24.7 Å². The van der Waals surface area contributed by atoms with E-state index in [0.29, 0.717) is 15.4 Å². The number of hydrogen-bond donors (Lipinski definition) is 1. The molecule has 3 aromatic rings. The molecule has 6 nitrogen and oxygen atoms in total. The summed E-state index contributed by atoms with van der Waals surface area (Å²) in [5.41, 5.74) is 0.676. The molecule has 0 radical (unpaired) electrons. The number of carbonyl (C=O) groups is 2. The van der Waals surface area contributed by atoms with Crippen LogP contribution in [-0.2, 0) is 4.74 Å². The molecule has 1 aromatic carbocycles. The van der Waals surface area contributed by atoms with E-state index in [1.165, 1.54) is 18.4 Å². The second-order valence-electron chi connectivity index (χ2n) is 5.47. The first-order valence-electron chi connectivity index (χ1n) is 8.04. The van der Waals surface area contributed by atoms with Gasteiger partial charge in [0.25, 0.3) is 5.91 Å². The third-order valence-electron chi connectivity index (χ3n) is 3.50. The summed E-state index contributed by atoms with van der Waals surface area (Å²) in [6.07, 6.45) is 1.40. The van der Waals surface area contributed by atoms with Gasteiger partial charge >= 0.3 is 5.97 Å². The van der Waals surface area contributed by atoms with Gasteiger partial charge in [0.05, 0.1) is 11.3 Å². The number of para-hydroxylation sites is 1. The number of nitrogens with one attached hydrogen (secondary N) is 1. The minimum atomic E-state index is -0.534. The van der Waals surface area contributed by atoms with Gasteiger partial charge in [0.1, 0.15) is 18.1 Å². The van der Waals surface area contributed by atoms with Crippen LogP contribution < -0.4 is 10.1 Å². The predicted molar refractivity (Wildman–Crippen MR) is 97.9 cm³/mol. The summed E-state index contributed by atoms with van der Waals surface area (Å²) >= 11 is 1.10. The zero-order chi connectivity index (χ0) is 19.2. The van der Waals surface area contributed by atoms with Crippen molar-refractivity contribution >= 4 is 28.2 Å². The average Bonchev–Trinajstić information content (AvgIpc) is 3.30. The molecule has 0 saturated heterocycles. The summed E-state index contributed by atoms with van der Waals surface area (Å²) in [5.74, 6) is -1.14. The van der Waals surface area contributed by atoms with Crippen LogP contribution in [0.4, 0.5) is 9.39 Å². The number of rotatable bonds is 7. The van der Waals surface area contributed by atoms with Gasteiger partial charge in [-0.3, -0.25) is 4.79 Å². The second kappa shape index (κ2) is 8.50. The van der Waals surface area contributed by atoms with Crippen LogP contribution in [0.25, 0.3) is 0 Å². The molecule has 0 spiro atoms. The third-order valence-corrected chi connectivity index (χ3v) is 4.63. The maximum atomic E-state index is 13.4. The molecular formula is C19H16FNO5S. The summed E-state index contributed by atoms with van der Waals surface area (Å²) in [6, 6.07) is 10.8. The first-order valence-corrected chi connectivity index (χ1v) is 8.86. The molecule has 0 aliphatic heterocycles. The summed E-state index contributed by atoms with van der Waals surface area (Å²) in [7, 11) is 0. The van der Waals surface area contributed by atoms with Crippen molar-refractivity contribution in [1.29, 1.82) is 0 Å². The van der Waals surface area contributed by atoms with Crippen molar-refractivity contribution in [2.45, 2.75) is 6.92 Å². The van der Waals surface area contributed by atoms with E-state index in [1.807, 2.05) is 0 Å². The fourth-order valence-electron chi connectivity index (χ4n) is 2.24. The lowest BCUT2D eigenvalue weighted by Gasteiger charge is -2.07. The van der Waals surface area contributed by atoms with Crippen molar-refractivity contribution in [3.8, 4) is 5.75 Å². The highest BCUT2D eigenvalue weighted by Gasteiger charge is 2.17. The first kappa shape index (κ1) is 18.7. The number of benzene rings is 1. The summed E-state index contributed by atoms with van der Waals surface area (Å²) < 4.78 is 28.8. The number of aryl methyl sites for hydroxylation is 1. The largest absolute Gasteiger partial charge is 0.487 e. The molecule has 1 N–H and O–H groups in total. The van der Waals surface area contributed by atoms with Gasteiger partial charge in [-0.2, -0.15) is 0 Å². The Balaban J connectivity index is 1.52. The molecule has 0 aliphatic carbocycles. The Hall–Kier alpha value is -3.13. The summed E-state index contributed by atoms with van der Waals surface area (Å²) in [4.78, 5) is 24.5. The minimum Gasteiger partial charge on any atom is -0.487 e. The van der Waals surface area contributed by atoms with Crippen LogP contribution in [-0.4, -0.2) is 25.1 Å². The van der Waals surface area contributed by atoms with Crippen molar-refractivity contribution in [1.82, 2.24) is 0 Å². The molecule has 0 atom stereocenters. The molecule has 0 saturated carbocycles. The Bertz CT molecular complexity index is 935. The van der Waals surface area contributed by atoms with Gasteiger partial charge in [0.15, 0.2) is 17.3 Å². The normalized spacial score (nSPS) is 10.4. The fourth-order valence-corrected chi connectivity index (χ4v) is 3.20. The topological polar surface area (TPSA) is 77.8 Å². The Morgan fingerprint density at radius 3 is 2.74 bits per heavy atom. The molecule has 8 heteroatoms. The number of furan rings is 1. The lowest BCUT2D eigenvalue weighted by molar-refractivity contribution is 0.0453. The smallest absolute Gasteiger partial charge is 0.348 e. The van der Waals surface area contributed by atoms with Crippen LogP contribution in [0.5, 0.6) is 5.75 Å². The van der Waals surface area contributed by atoms with Gasteiger partial charge < -0.3 is 19.2 Å². The number of carbonyl (C=O) groups excluding carboxylic acids is 2. The van der Waals surface area contributed by atoms with E-state index in [0.717, 1.165) is 11.3 Å². The second-order valence-corrected chi connectivity index (χ2v) is 6.52. The zero-order valence-electron chi connectivity index (χ0n) is 14.4. The number of halogens is 1. The zero-order valence-corrected chi connectivity index (χ0v) is 15.2. The monoisotopic (exact) mass is 389 g/mol. The lowest BCUT2D eigenvalue weighted by Crippen LogP contribution is -2.12. The van der Waals surface area contributed by atoms with Crippen LogP contribution in [0.1, 0.15) is 25.8 Å². The Morgan fingerprint density at radius 2 is 2.00 bits per heavy atom. The molecule has 0 fully saturated rings. The highest BCUT2D eigenvalue weighted by Crippen LogP contribution is 2.28. The SMILES string of the molecule is Cc1cc(NC(=O)c2ccco2)sc1C(=O)OCCOc1ccccc1F. The standard InChI is InChI=1S/C19H16FNO5S/c1-12-11-16(21-18(22)15-7-4-8-24-15)27-17(12)19(23)26-10-9-25-14-6-3-2-5-13(14)20/h2-8,11H,9-10H2,1H3,(H,21,22). The maximum Gasteiger partial charge on any atom is 0.348 e. The average molecular weight is 389 g/mol. The van der Waals surface area contributed by atoms with Crippen LogP contribution in [0.2, 0.25) is 0 Å². The molecule has 0 unspecified atom stereocenters. The first-order chi connectivity index (χ1) is 13.0. The fraction of sp³-hybridized carbons (Fsp3) is 0.158. The lowest BCUT2D eigenvalue weighted by atomic mass is 10.3. The van der Waals surface area contributed by atoms with Gasteiger partial charge in [-0.1, -0.05) is 12.1 Å². The Labute approximate surface area is 158 Å². The number of hydrogen-bond acceptors (Lipinski definition) is 6. The number of amides is 1. The van der Waals surface area contributed by atoms with Gasteiger partial charge in [0.2, 0.25) is 0 Å². The number of esters is 1. The quantitative estimate of drug-likeness (QED) is 0.482. The Morgan fingerprint density at radius 1 is 1.19 bits per heavy atom.